The van der Waals surface area contributed by atoms with Crippen LogP contribution < -0.4 is 19.7 Å². The van der Waals surface area contributed by atoms with Crippen LogP contribution in [0.3, 0.4) is 0 Å². The third-order valence-corrected chi connectivity index (χ3v) is 5.93. The molecular weight excluding hydrogens is 364 g/mol. The van der Waals surface area contributed by atoms with Crippen LogP contribution in [0.1, 0.15) is 43.2 Å². The number of ether oxygens (including phenoxy) is 2. The minimum absolute atomic E-state index is 0.00470. The summed E-state index contributed by atoms with van der Waals surface area (Å²) in [5, 5.41) is 3.01. The maximum atomic E-state index is 12.3. The summed E-state index contributed by atoms with van der Waals surface area (Å²) in [6.45, 7) is 1.66. The van der Waals surface area contributed by atoms with Crippen LogP contribution in [0, 0.1) is 0 Å². The Balaban J connectivity index is 1.28. The van der Waals surface area contributed by atoms with Gasteiger partial charge < -0.3 is 19.7 Å². The zero-order valence-corrected chi connectivity index (χ0v) is 17.2. The number of fused-ring (bicyclic) bond motifs is 1. The zero-order valence-electron chi connectivity index (χ0n) is 17.2. The Kier molecular flexibility index (Phi) is 6.23. The van der Waals surface area contributed by atoms with Crippen molar-refractivity contribution < 1.29 is 14.3 Å². The van der Waals surface area contributed by atoms with Crippen LogP contribution >= 0.6 is 0 Å². The SMILES string of the molecule is CN(c1ccc(CNC(=O)Cc2ccc3c(c2)OCCO3)cc1)C1CCCCC1. The van der Waals surface area contributed by atoms with Gasteiger partial charge in [-0.2, -0.15) is 0 Å². The van der Waals surface area contributed by atoms with Crippen molar-refractivity contribution in [2.45, 2.75) is 51.1 Å². The number of carbonyl (C=O) groups excluding carboxylic acids is 1. The van der Waals surface area contributed by atoms with Crippen LogP contribution in [0.25, 0.3) is 0 Å². The van der Waals surface area contributed by atoms with Crippen molar-refractivity contribution in [3.63, 3.8) is 0 Å². The fraction of sp³-hybridized carbons (Fsp3) is 0.458. The van der Waals surface area contributed by atoms with Gasteiger partial charge in [-0.3, -0.25) is 4.79 Å². The van der Waals surface area contributed by atoms with Crippen molar-refractivity contribution in [1.82, 2.24) is 5.32 Å². The molecule has 5 heteroatoms. The monoisotopic (exact) mass is 394 g/mol. The van der Waals surface area contributed by atoms with Crippen molar-refractivity contribution in [3.05, 3.63) is 53.6 Å². The predicted octanol–water partition coefficient (Wildman–Crippen LogP) is 4.09. The Morgan fingerprint density at radius 1 is 0.966 bits per heavy atom. The van der Waals surface area contributed by atoms with Gasteiger partial charge in [0.2, 0.25) is 5.91 Å². The zero-order chi connectivity index (χ0) is 20.1. The standard InChI is InChI=1S/C24H30N2O3/c1-26(20-5-3-2-4-6-20)21-10-7-18(8-11-21)17-25-24(27)16-19-9-12-22-23(15-19)29-14-13-28-22/h7-12,15,20H,2-6,13-14,16-17H2,1H3,(H,25,27). The molecule has 2 aromatic rings. The average Bonchev–Trinajstić information content (AvgIpc) is 2.78. The lowest BCUT2D eigenvalue weighted by Crippen LogP contribution is -2.33. The normalized spacial score (nSPS) is 16.3. The maximum absolute atomic E-state index is 12.3. The van der Waals surface area contributed by atoms with Gasteiger partial charge in [-0.25, -0.2) is 0 Å². The molecule has 1 heterocycles. The lowest BCUT2D eigenvalue weighted by atomic mass is 9.94. The number of amides is 1. The Morgan fingerprint density at radius 2 is 1.66 bits per heavy atom. The molecule has 29 heavy (non-hydrogen) atoms. The van der Waals surface area contributed by atoms with E-state index >= 15 is 0 Å². The fourth-order valence-corrected chi connectivity index (χ4v) is 4.17. The van der Waals surface area contributed by atoms with E-state index in [0.717, 1.165) is 22.6 Å². The molecule has 1 N–H and O–H groups in total. The molecule has 2 aliphatic rings. The van der Waals surface area contributed by atoms with Crippen LogP contribution in [0.5, 0.6) is 11.5 Å². The second-order valence-electron chi connectivity index (χ2n) is 8.00. The van der Waals surface area contributed by atoms with E-state index in [-0.39, 0.29) is 5.91 Å². The largest absolute Gasteiger partial charge is 0.486 e. The van der Waals surface area contributed by atoms with Gasteiger partial charge in [-0.1, -0.05) is 37.5 Å². The smallest absolute Gasteiger partial charge is 0.224 e. The third kappa shape index (κ3) is 5.03. The first-order chi connectivity index (χ1) is 14.2. The second kappa shape index (κ2) is 9.21. The molecule has 0 atom stereocenters. The van der Waals surface area contributed by atoms with E-state index in [4.69, 9.17) is 9.47 Å². The number of anilines is 1. The van der Waals surface area contributed by atoms with E-state index < -0.39 is 0 Å². The molecule has 1 fully saturated rings. The van der Waals surface area contributed by atoms with Crippen LogP contribution in [0.2, 0.25) is 0 Å². The highest BCUT2D eigenvalue weighted by Crippen LogP contribution is 2.31. The van der Waals surface area contributed by atoms with Gasteiger partial charge in [-0.05, 0) is 48.2 Å². The molecule has 0 unspecified atom stereocenters. The molecule has 1 aliphatic carbocycles. The van der Waals surface area contributed by atoms with E-state index in [1.54, 1.807) is 0 Å². The second-order valence-corrected chi connectivity index (χ2v) is 8.00. The number of rotatable bonds is 6. The maximum Gasteiger partial charge on any atom is 0.224 e. The minimum atomic E-state index is 0.00470. The first kappa shape index (κ1) is 19.6. The number of nitrogens with zero attached hydrogens (tertiary/aromatic N) is 1. The van der Waals surface area contributed by atoms with Gasteiger partial charge in [0, 0.05) is 25.3 Å². The third-order valence-electron chi connectivity index (χ3n) is 5.93. The van der Waals surface area contributed by atoms with Gasteiger partial charge in [0.15, 0.2) is 11.5 Å². The number of hydrogen-bond donors (Lipinski definition) is 1. The van der Waals surface area contributed by atoms with Crippen LogP contribution in [0.15, 0.2) is 42.5 Å². The summed E-state index contributed by atoms with van der Waals surface area (Å²) in [5.74, 6) is 1.47. The topological polar surface area (TPSA) is 50.8 Å². The summed E-state index contributed by atoms with van der Waals surface area (Å²) in [6, 6.07) is 14.9. The van der Waals surface area contributed by atoms with Gasteiger partial charge >= 0.3 is 0 Å². The summed E-state index contributed by atoms with van der Waals surface area (Å²) >= 11 is 0. The first-order valence-corrected chi connectivity index (χ1v) is 10.7. The molecule has 0 saturated heterocycles. The minimum Gasteiger partial charge on any atom is -0.486 e. The van der Waals surface area contributed by atoms with Gasteiger partial charge in [0.1, 0.15) is 13.2 Å². The molecule has 2 aromatic carbocycles. The molecule has 0 radical (unpaired) electrons. The Morgan fingerprint density at radius 3 is 2.41 bits per heavy atom. The summed E-state index contributed by atoms with van der Waals surface area (Å²) in [5.41, 5.74) is 3.29. The van der Waals surface area contributed by atoms with Crippen molar-refractivity contribution >= 4 is 11.6 Å². The van der Waals surface area contributed by atoms with Crippen molar-refractivity contribution in [2.75, 3.05) is 25.2 Å². The highest BCUT2D eigenvalue weighted by molar-refractivity contribution is 5.78. The molecule has 5 nitrogen and oxygen atoms in total. The molecule has 154 valence electrons. The molecule has 4 rings (SSSR count). The highest BCUT2D eigenvalue weighted by Gasteiger charge is 2.18. The molecule has 0 spiro atoms. The quantitative estimate of drug-likeness (QED) is 0.802. The van der Waals surface area contributed by atoms with E-state index in [9.17, 15) is 4.79 Å². The van der Waals surface area contributed by atoms with E-state index in [0.29, 0.717) is 32.2 Å². The molecule has 0 bridgehead atoms. The summed E-state index contributed by atoms with van der Waals surface area (Å²) in [4.78, 5) is 14.8. The van der Waals surface area contributed by atoms with E-state index in [2.05, 4.69) is 41.5 Å². The van der Waals surface area contributed by atoms with Crippen molar-refractivity contribution in [2.24, 2.45) is 0 Å². The van der Waals surface area contributed by atoms with Gasteiger partial charge in [0.25, 0.3) is 0 Å². The van der Waals surface area contributed by atoms with Crippen LogP contribution in [0.4, 0.5) is 5.69 Å². The summed E-state index contributed by atoms with van der Waals surface area (Å²) < 4.78 is 11.1. The van der Waals surface area contributed by atoms with E-state index in [1.807, 2.05) is 18.2 Å². The van der Waals surface area contributed by atoms with Crippen molar-refractivity contribution in [3.8, 4) is 11.5 Å². The Labute approximate surface area is 173 Å². The predicted molar refractivity (Wildman–Crippen MR) is 115 cm³/mol. The first-order valence-electron chi connectivity index (χ1n) is 10.7. The molecule has 1 amide bonds. The number of hydrogen-bond acceptors (Lipinski definition) is 4. The lowest BCUT2D eigenvalue weighted by molar-refractivity contribution is -0.120. The molecule has 1 aliphatic heterocycles. The van der Waals surface area contributed by atoms with Crippen molar-refractivity contribution in [1.29, 1.82) is 0 Å². The molecule has 0 aromatic heterocycles. The summed E-state index contributed by atoms with van der Waals surface area (Å²) in [7, 11) is 2.19. The fourth-order valence-electron chi connectivity index (χ4n) is 4.17. The Hall–Kier alpha value is -2.69. The lowest BCUT2D eigenvalue weighted by Gasteiger charge is -2.33. The van der Waals surface area contributed by atoms with Gasteiger partial charge in [0.05, 0.1) is 6.42 Å². The van der Waals surface area contributed by atoms with Gasteiger partial charge in [-0.15, -0.1) is 0 Å². The highest BCUT2D eigenvalue weighted by atomic mass is 16.6. The van der Waals surface area contributed by atoms with Crippen LogP contribution in [-0.2, 0) is 17.8 Å². The number of benzene rings is 2. The molecular formula is C24H30N2O3. The average molecular weight is 395 g/mol. The summed E-state index contributed by atoms with van der Waals surface area (Å²) in [6.07, 6.45) is 6.95. The molecule has 1 saturated carbocycles. The van der Waals surface area contributed by atoms with Crippen LogP contribution in [-0.4, -0.2) is 32.2 Å². The number of nitrogens with one attached hydrogen (secondary N) is 1. The number of carbonyl (C=O) groups is 1. The Bertz CT molecular complexity index is 829. The van der Waals surface area contributed by atoms with E-state index in [1.165, 1.54) is 37.8 Å².